The minimum atomic E-state index is -0.787. The molecular weight excluding hydrogens is 254 g/mol. The minimum Gasteiger partial charge on any atom is -0.481 e. The van der Waals surface area contributed by atoms with Crippen LogP contribution < -0.4 is 4.90 Å². The summed E-state index contributed by atoms with van der Waals surface area (Å²) >= 11 is 0. The predicted molar refractivity (Wildman–Crippen MR) is 77.7 cm³/mol. The molecule has 0 aliphatic heterocycles. The van der Waals surface area contributed by atoms with E-state index in [9.17, 15) is 4.79 Å². The maximum atomic E-state index is 10.8. The Balaban J connectivity index is 2.20. The van der Waals surface area contributed by atoms with Crippen LogP contribution in [-0.4, -0.2) is 27.4 Å². The summed E-state index contributed by atoms with van der Waals surface area (Å²) in [6, 6.07) is 9.94. The lowest BCUT2D eigenvalue weighted by Gasteiger charge is -2.25. The SMILES string of the molecule is Cc1ccccc1N(CCC(=O)O)Cc1ccn(C)n1. The first-order chi connectivity index (χ1) is 9.56. The van der Waals surface area contributed by atoms with Crippen molar-refractivity contribution in [1.82, 2.24) is 9.78 Å². The summed E-state index contributed by atoms with van der Waals surface area (Å²) in [7, 11) is 1.87. The summed E-state index contributed by atoms with van der Waals surface area (Å²) < 4.78 is 1.75. The zero-order valence-corrected chi connectivity index (χ0v) is 11.8. The average molecular weight is 273 g/mol. The zero-order valence-electron chi connectivity index (χ0n) is 11.8. The summed E-state index contributed by atoms with van der Waals surface area (Å²) in [6.07, 6.45) is 2.00. The standard InChI is InChI=1S/C15H19N3O2/c1-12-5-3-4-6-14(12)18(10-8-15(19)20)11-13-7-9-17(2)16-13/h3-7,9H,8,10-11H2,1-2H3,(H,19,20). The summed E-state index contributed by atoms with van der Waals surface area (Å²) in [6.45, 7) is 3.11. The number of para-hydroxylation sites is 1. The summed E-state index contributed by atoms with van der Waals surface area (Å²) in [5.74, 6) is -0.787. The molecule has 0 amide bonds. The highest BCUT2D eigenvalue weighted by atomic mass is 16.4. The lowest BCUT2D eigenvalue weighted by Crippen LogP contribution is -2.26. The number of carbonyl (C=O) groups is 1. The van der Waals surface area contributed by atoms with Crippen molar-refractivity contribution in [2.75, 3.05) is 11.4 Å². The van der Waals surface area contributed by atoms with Crippen molar-refractivity contribution < 1.29 is 9.90 Å². The monoisotopic (exact) mass is 273 g/mol. The van der Waals surface area contributed by atoms with Crippen LogP contribution in [0.25, 0.3) is 0 Å². The van der Waals surface area contributed by atoms with Crippen molar-refractivity contribution in [3.63, 3.8) is 0 Å². The molecule has 0 saturated carbocycles. The number of carboxylic acid groups (broad SMARTS) is 1. The molecule has 5 nitrogen and oxygen atoms in total. The third-order valence-corrected chi connectivity index (χ3v) is 3.17. The Morgan fingerprint density at radius 2 is 2.10 bits per heavy atom. The number of nitrogens with zero attached hydrogens (tertiary/aromatic N) is 3. The number of anilines is 1. The minimum absolute atomic E-state index is 0.112. The normalized spacial score (nSPS) is 10.5. The molecule has 2 aromatic rings. The van der Waals surface area contributed by atoms with E-state index in [4.69, 9.17) is 5.11 Å². The quantitative estimate of drug-likeness (QED) is 0.876. The van der Waals surface area contributed by atoms with Gasteiger partial charge in [-0.15, -0.1) is 0 Å². The number of hydrogen-bond donors (Lipinski definition) is 1. The van der Waals surface area contributed by atoms with Crippen LogP contribution in [0, 0.1) is 6.92 Å². The van der Waals surface area contributed by atoms with Crippen LogP contribution in [0.1, 0.15) is 17.7 Å². The largest absolute Gasteiger partial charge is 0.481 e. The Hall–Kier alpha value is -2.30. The van der Waals surface area contributed by atoms with Gasteiger partial charge in [-0.25, -0.2) is 0 Å². The van der Waals surface area contributed by atoms with Crippen LogP contribution in [0.5, 0.6) is 0 Å². The molecular formula is C15H19N3O2. The molecule has 1 aromatic carbocycles. The number of aromatic nitrogens is 2. The second-order valence-corrected chi connectivity index (χ2v) is 4.83. The van der Waals surface area contributed by atoms with Crippen molar-refractivity contribution in [2.24, 2.45) is 7.05 Å². The number of aryl methyl sites for hydroxylation is 2. The Kier molecular flexibility index (Phi) is 4.40. The molecule has 0 aliphatic carbocycles. The molecule has 2 rings (SSSR count). The number of benzene rings is 1. The number of hydrogen-bond acceptors (Lipinski definition) is 3. The van der Waals surface area contributed by atoms with E-state index in [1.54, 1.807) is 4.68 Å². The first kappa shape index (κ1) is 14.1. The molecule has 106 valence electrons. The number of aliphatic carboxylic acids is 1. The van der Waals surface area contributed by atoms with Crippen LogP contribution in [-0.2, 0) is 18.4 Å². The molecule has 0 unspecified atom stereocenters. The molecule has 0 bridgehead atoms. The van der Waals surface area contributed by atoms with E-state index in [0.29, 0.717) is 13.1 Å². The van der Waals surface area contributed by atoms with E-state index in [1.807, 2.05) is 50.5 Å². The Morgan fingerprint density at radius 3 is 2.70 bits per heavy atom. The molecule has 20 heavy (non-hydrogen) atoms. The van der Waals surface area contributed by atoms with Crippen LogP contribution in [0.3, 0.4) is 0 Å². The fourth-order valence-electron chi connectivity index (χ4n) is 2.18. The van der Waals surface area contributed by atoms with Crippen molar-refractivity contribution >= 4 is 11.7 Å². The average Bonchev–Trinajstić information content (AvgIpc) is 2.81. The van der Waals surface area contributed by atoms with Gasteiger partial charge in [0.2, 0.25) is 0 Å². The highest BCUT2D eigenvalue weighted by Crippen LogP contribution is 2.21. The van der Waals surface area contributed by atoms with Crippen molar-refractivity contribution in [3.05, 3.63) is 47.8 Å². The second-order valence-electron chi connectivity index (χ2n) is 4.83. The smallest absolute Gasteiger partial charge is 0.305 e. The molecule has 0 fully saturated rings. The van der Waals surface area contributed by atoms with E-state index in [1.165, 1.54) is 0 Å². The maximum absolute atomic E-state index is 10.8. The molecule has 0 spiro atoms. The van der Waals surface area contributed by atoms with Gasteiger partial charge in [0.15, 0.2) is 0 Å². The van der Waals surface area contributed by atoms with Gasteiger partial charge >= 0.3 is 5.97 Å². The number of carboxylic acids is 1. The van der Waals surface area contributed by atoms with E-state index in [-0.39, 0.29) is 6.42 Å². The van der Waals surface area contributed by atoms with Gasteiger partial charge in [0.25, 0.3) is 0 Å². The van der Waals surface area contributed by atoms with Crippen LogP contribution in [0.2, 0.25) is 0 Å². The third-order valence-electron chi connectivity index (χ3n) is 3.17. The lowest BCUT2D eigenvalue weighted by molar-refractivity contribution is -0.136. The predicted octanol–water partition coefficient (Wildman–Crippen LogP) is 2.21. The van der Waals surface area contributed by atoms with Gasteiger partial charge in [-0.1, -0.05) is 18.2 Å². The molecule has 0 atom stereocenters. The van der Waals surface area contributed by atoms with Crippen LogP contribution in [0.15, 0.2) is 36.5 Å². The molecule has 5 heteroatoms. The van der Waals surface area contributed by atoms with Crippen LogP contribution in [0.4, 0.5) is 5.69 Å². The Bertz CT molecular complexity index is 592. The first-order valence-corrected chi connectivity index (χ1v) is 6.57. The molecule has 1 heterocycles. The van der Waals surface area contributed by atoms with Gasteiger partial charge < -0.3 is 10.0 Å². The number of rotatable bonds is 6. The fourth-order valence-corrected chi connectivity index (χ4v) is 2.18. The van der Waals surface area contributed by atoms with Crippen molar-refractivity contribution in [3.8, 4) is 0 Å². The van der Waals surface area contributed by atoms with Gasteiger partial charge in [0.05, 0.1) is 18.7 Å². The van der Waals surface area contributed by atoms with Crippen molar-refractivity contribution in [1.29, 1.82) is 0 Å². The Morgan fingerprint density at radius 1 is 1.35 bits per heavy atom. The molecule has 1 N–H and O–H groups in total. The van der Waals surface area contributed by atoms with Gasteiger partial charge in [-0.05, 0) is 24.6 Å². The van der Waals surface area contributed by atoms with Gasteiger partial charge in [-0.2, -0.15) is 5.10 Å². The first-order valence-electron chi connectivity index (χ1n) is 6.57. The Labute approximate surface area is 118 Å². The van der Waals surface area contributed by atoms with E-state index in [0.717, 1.165) is 16.9 Å². The van der Waals surface area contributed by atoms with Gasteiger partial charge in [0.1, 0.15) is 0 Å². The molecule has 0 aliphatic rings. The van der Waals surface area contributed by atoms with Gasteiger partial charge in [-0.3, -0.25) is 9.48 Å². The van der Waals surface area contributed by atoms with E-state index in [2.05, 4.69) is 10.00 Å². The van der Waals surface area contributed by atoms with Crippen LogP contribution >= 0.6 is 0 Å². The summed E-state index contributed by atoms with van der Waals surface area (Å²) in [4.78, 5) is 12.9. The molecule has 0 radical (unpaired) electrons. The molecule has 1 aromatic heterocycles. The van der Waals surface area contributed by atoms with E-state index >= 15 is 0 Å². The fraction of sp³-hybridized carbons (Fsp3) is 0.333. The highest BCUT2D eigenvalue weighted by Gasteiger charge is 2.12. The second kappa shape index (κ2) is 6.23. The van der Waals surface area contributed by atoms with Gasteiger partial charge in [0, 0.05) is 25.5 Å². The van der Waals surface area contributed by atoms with Crippen molar-refractivity contribution in [2.45, 2.75) is 19.9 Å². The maximum Gasteiger partial charge on any atom is 0.305 e. The van der Waals surface area contributed by atoms with E-state index < -0.39 is 5.97 Å². The molecule has 0 saturated heterocycles. The summed E-state index contributed by atoms with van der Waals surface area (Å²) in [5.41, 5.74) is 3.12. The lowest BCUT2D eigenvalue weighted by atomic mass is 10.1. The topological polar surface area (TPSA) is 58.4 Å². The third kappa shape index (κ3) is 3.60. The summed E-state index contributed by atoms with van der Waals surface area (Å²) in [5, 5.41) is 13.3. The highest BCUT2D eigenvalue weighted by molar-refractivity contribution is 5.68. The zero-order chi connectivity index (χ0) is 14.5.